The monoisotopic (exact) mass is 445 g/mol. The third kappa shape index (κ3) is 5.73. The van der Waals surface area contributed by atoms with Crippen LogP contribution in [0.1, 0.15) is 6.42 Å². The number of aryl methyl sites for hydroxylation is 1. The minimum absolute atomic E-state index is 0.0441. The Bertz CT molecular complexity index is 1080. The summed E-state index contributed by atoms with van der Waals surface area (Å²) in [4.78, 5) is 14.4. The summed E-state index contributed by atoms with van der Waals surface area (Å²) < 4.78 is 34.8. The second kappa shape index (κ2) is 10.1. The lowest BCUT2D eigenvalue weighted by atomic mass is 10.1. The van der Waals surface area contributed by atoms with Crippen molar-refractivity contribution < 1.29 is 23.4 Å². The van der Waals surface area contributed by atoms with E-state index in [0.717, 1.165) is 31.3 Å². The van der Waals surface area contributed by atoms with Crippen molar-refractivity contribution in [1.29, 1.82) is 0 Å². The standard InChI is InChI=1S/C22H25F2N5O3/c1-28(2)9-4-10-32-20-8-6-15(12-16(20)21-17(24)13-25-29(21)3)26-22(31)27-18-7-5-14(23)11-19(18)30/h5-8,11-13,30H,4,9-10H2,1-3H3,(H2,26,27,31). The molecule has 0 saturated carbocycles. The van der Waals surface area contributed by atoms with Crippen LogP contribution in [-0.4, -0.2) is 53.1 Å². The lowest BCUT2D eigenvalue weighted by Gasteiger charge is -2.16. The molecule has 1 aromatic heterocycles. The summed E-state index contributed by atoms with van der Waals surface area (Å²) in [7, 11) is 5.54. The molecule has 0 aliphatic rings. The van der Waals surface area contributed by atoms with Crippen molar-refractivity contribution in [2.45, 2.75) is 6.42 Å². The molecule has 170 valence electrons. The number of nitrogens with one attached hydrogen (secondary N) is 2. The molecule has 0 radical (unpaired) electrons. The summed E-state index contributed by atoms with van der Waals surface area (Å²) >= 11 is 0. The van der Waals surface area contributed by atoms with Crippen molar-refractivity contribution in [3.63, 3.8) is 0 Å². The van der Waals surface area contributed by atoms with Gasteiger partial charge in [0.1, 0.15) is 23.0 Å². The largest absolute Gasteiger partial charge is 0.506 e. The first-order valence-electron chi connectivity index (χ1n) is 9.90. The van der Waals surface area contributed by atoms with E-state index in [1.54, 1.807) is 25.2 Å². The molecule has 3 N–H and O–H groups in total. The first-order valence-corrected chi connectivity index (χ1v) is 9.90. The van der Waals surface area contributed by atoms with Crippen LogP contribution in [0.4, 0.5) is 25.0 Å². The second-order valence-corrected chi connectivity index (χ2v) is 7.42. The quantitative estimate of drug-likeness (QED) is 0.360. The van der Waals surface area contributed by atoms with Crippen molar-refractivity contribution in [3.8, 4) is 22.8 Å². The number of phenols is 1. The van der Waals surface area contributed by atoms with Gasteiger partial charge in [0.25, 0.3) is 0 Å². The van der Waals surface area contributed by atoms with E-state index in [0.29, 0.717) is 23.6 Å². The molecule has 0 aliphatic carbocycles. The number of hydrogen-bond acceptors (Lipinski definition) is 5. The third-order valence-corrected chi connectivity index (χ3v) is 4.60. The molecule has 2 amide bonds. The maximum absolute atomic E-state index is 14.4. The highest BCUT2D eigenvalue weighted by Crippen LogP contribution is 2.34. The summed E-state index contributed by atoms with van der Waals surface area (Å²) in [5, 5.41) is 18.7. The van der Waals surface area contributed by atoms with E-state index in [2.05, 4.69) is 15.7 Å². The van der Waals surface area contributed by atoms with E-state index >= 15 is 0 Å². The fourth-order valence-electron chi connectivity index (χ4n) is 3.09. The fraction of sp³-hybridized carbons (Fsp3) is 0.273. The van der Waals surface area contributed by atoms with E-state index < -0.39 is 23.4 Å². The van der Waals surface area contributed by atoms with E-state index in [-0.39, 0.29) is 11.4 Å². The Morgan fingerprint density at radius 3 is 2.62 bits per heavy atom. The Morgan fingerprint density at radius 1 is 1.19 bits per heavy atom. The third-order valence-electron chi connectivity index (χ3n) is 4.60. The Labute approximate surface area is 184 Å². The topological polar surface area (TPSA) is 91.7 Å². The highest BCUT2D eigenvalue weighted by Gasteiger charge is 2.18. The number of carbonyl (C=O) groups is 1. The first kappa shape index (κ1) is 23.0. The Morgan fingerprint density at radius 2 is 1.97 bits per heavy atom. The molecule has 10 heteroatoms. The van der Waals surface area contributed by atoms with Crippen LogP contribution in [0, 0.1) is 11.6 Å². The van der Waals surface area contributed by atoms with Gasteiger partial charge >= 0.3 is 6.03 Å². The zero-order valence-corrected chi connectivity index (χ0v) is 18.0. The molecule has 0 spiro atoms. The van der Waals surface area contributed by atoms with E-state index in [1.807, 2.05) is 19.0 Å². The highest BCUT2D eigenvalue weighted by atomic mass is 19.1. The van der Waals surface area contributed by atoms with Gasteiger partial charge in [0, 0.05) is 30.9 Å². The number of anilines is 2. The van der Waals surface area contributed by atoms with Gasteiger partial charge in [-0.05, 0) is 50.8 Å². The summed E-state index contributed by atoms with van der Waals surface area (Å²) in [6.07, 6.45) is 1.89. The molecule has 0 aliphatic heterocycles. The van der Waals surface area contributed by atoms with Crippen LogP contribution in [0.15, 0.2) is 42.6 Å². The minimum Gasteiger partial charge on any atom is -0.506 e. The SMILES string of the molecule is CN(C)CCCOc1ccc(NC(=O)Nc2ccc(F)cc2O)cc1-c1c(F)cnn1C. The second-order valence-electron chi connectivity index (χ2n) is 7.42. The van der Waals surface area contributed by atoms with Crippen molar-refractivity contribution >= 4 is 17.4 Å². The number of ether oxygens (including phenoxy) is 1. The highest BCUT2D eigenvalue weighted by molar-refractivity contribution is 6.01. The predicted octanol–water partition coefficient (Wildman–Crippen LogP) is 4.05. The number of urea groups is 1. The number of hydrogen-bond donors (Lipinski definition) is 3. The van der Waals surface area contributed by atoms with E-state index in [4.69, 9.17) is 4.74 Å². The number of nitrogens with zero attached hydrogens (tertiary/aromatic N) is 3. The molecule has 2 aromatic carbocycles. The fourth-order valence-corrected chi connectivity index (χ4v) is 3.09. The maximum atomic E-state index is 14.4. The van der Waals surface area contributed by atoms with Crippen molar-refractivity contribution in [3.05, 3.63) is 54.2 Å². The average Bonchev–Trinajstić information content (AvgIpc) is 3.06. The van der Waals surface area contributed by atoms with Gasteiger partial charge in [-0.15, -0.1) is 0 Å². The Hall–Kier alpha value is -3.66. The number of carbonyl (C=O) groups excluding carboxylic acids is 1. The van der Waals surface area contributed by atoms with Crippen LogP contribution < -0.4 is 15.4 Å². The number of rotatable bonds is 8. The van der Waals surface area contributed by atoms with Crippen LogP contribution in [0.5, 0.6) is 11.5 Å². The van der Waals surface area contributed by atoms with Crippen LogP contribution in [0.3, 0.4) is 0 Å². The predicted molar refractivity (Wildman–Crippen MR) is 118 cm³/mol. The normalized spacial score (nSPS) is 10.9. The number of benzene rings is 2. The number of aromatic hydroxyl groups is 1. The molecule has 3 rings (SSSR count). The Balaban J connectivity index is 1.81. The Kier molecular flexibility index (Phi) is 7.26. The van der Waals surface area contributed by atoms with Gasteiger partial charge in [0.05, 0.1) is 18.5 Å². The van der Waals surface area contributed by atoms with Gasteiger partial charge in [-0.2, -0.15) is 5.10 Å². The van der Waals surface area contributed by atoms with Gasteiger partial charge in [0.15, 0.2) is 5.82 Å². The molecule has 0 fully saturated rings. The van der Waals surface area contributed by atoms with Gasteiger partial charge in [0.2, 0.25) is 0 Å². The van der Waals surface area contributed by atoms with Crippen LogP contribution in [0.2, 0.25) is 0 Å². The molecule has 0 bridgehead atoms. The number of amides is 2. The first-order chi connectivity index (χ1) is 15.2. The van der Waals surface area contributed by atoms with Crippen molar-refractivity contribution in [2.75, 3.05) is 37.9 Å². The van der Waals surface area contributed by atoms with Crippen LogP contribution >= 0.6 is 0 Å². The molecule has 0 unspecified atom stereocenters. The molecular formula is C22H25F2N5O3. The van der Waals surface area contributed by atoms with E-state index in [1.165, 1.54) is 10.7 Å². The molecule has 0 saturated heterocycles. The summed E-state index contributed by atoms with van der Waals surface area (Å²) in [6.45, 7) is 1.27. The zero-order valence-electron chi connectivity index (χ0n) is 18.0. The summed E-state index contributed by atoms with van der Waals surface area (Å²) in [5.41, 5.74) is 1.05. The average molecular weight is 445 g/mol. The molecule has 3 aromatic rings. The van der Waals surface area contributed by atoms with Crippen molar-refractivity contribution in [1.82, 2.24) is 14.7 Å². The van der Waals surface area contributed by atoms with Crippen LogP contribution in [0.25, 0.3) is 11.3 Å². The number of halogens is 2. The number of aromatic nitrogens is 2. The lowest BCUT2D eigenvalue weighted by Crippen LogP contribution is -2.19. The molecule has 32 heavy (non-hydrogen) atoms. The van der Waals surface area contributed by atoms with Gasteiger partial charge in [-0.3, -0.25) is 4.68 Å². The van der Waals surface area contributed by atoms with Crippen molar-refractivity contribution in [2.24, 2.45) is 7.05 Å². The molecule has 8 nitrogen and oxygen atoms in total. The van der Waals surface area contributed by atoms with Crippen LogP contribution in [-0.2, 0) is 7.05 Å². The lowest BCUT2D eigenvalue weighted by molar-refractivity contribution is 0.262. The van der Waals surface area contributed by atoms with Gasteiger partial charge in [-0.1, -0.05) is 0 Å². The maximum Gasteiger partial charge on any atom is 0.323 e. The molecule has 0 atom stereocenters. The molecular weight excluding hydrogens is 420 g/mol. The minimum atomic E-state index is -0.664. The van der Waals surface area contributed by atoms with E-state index in [9.17, 15) is 18.7 Å². The summed E-state index contributed by atoms with van der Waals surface area (Å²) in [5.74, 6) is -1.10. The summed E-state index contributed by atoms with van der Waals surface area (Å²) in [6, 6.07) is 7.41. The smallest absolute Gasteiger partial charge is 0.323 e. The molecule has 1 heterocycles. The van der Waals surface area contributed by atoms with Gasteiger partial charge < -0.3 is 25.4 Å². The van der Waals surface area contributed by atoms with Gasteiger partial charge in [-0.25, -0.2) is 13.6 Å². The number of phenolic OH excluding ortho intramolecular Hbond substituents is 1. The zero-order chi connectivity index (χ0) is 23.3.